The number of nitrogens with zero attached hydrogens (tertiary/aromatic N) is 3. The van der Waals surface area contributed by atoms with Crippen LogP contribution in [0.15, 0.2) is 0 Å². The van der Waals surface area contributed by atoms with Crippen LogP contribution in [0.5, 0.6) is 0 Å². The zero-order valence-corrected chi connectivity index (χ0v) is 18.8. The van der Waals surface area contributed by atoms with Crippen molar-refractivity contribution in [1.82, 2.24) is 14.7 Å². The summed E-state index contributed by atoms with van der Waals surface area (Å²) in [5.74, 6) is 0.292. The van der Waals surface area contributed by atoms with Gasteiger partial charge in [-0.3, -0.25) is 9.59 Å². The monoisotopic (exact) mass is 383 g/mol. The molecule has 0 aromatic rings. The Labute approximate surface area is 168 Å². The minimum Gasteiger partial charge on any atom is -0.343 e. The summed E-state index contributed by atoms with van der Waals surface area (Å²) >= 11 is 0. The SMILES string of the molecule is CCCCN(CCCC)C(=O)CCC(=O)N(CCCC)CCCCN(C)C. The molecule has 0 aliphatic rings. The molecule has 0 heterocycles. The second-order valence-electron chi connectivity index (χ2n) is 7.83. The molecule has 27 heavy (non-hydrogen) atoms. The lowest BCUT2D eigenvalue weighted by atomic mass is 10.2. The maximum absolute atomic E-state index is 12.7. The highest BCUT2D eigenvalue weighted by Crippen LogP contribution is 2.08. The molecule has 5 nitrogen and oxygen atoms in total. The molecule has 0 N–H and O–H groups in total. The number of hydrogen-bond acceptors (Lipinski definition) is 3. The topological polar surface area (TPSA) is 43.9 Å². The third-order valence-electron chi connectivity index (χ3n) is 4.89. The highest BCUT2D eigenvalue weighted by Gasteiger charge is 2.17. The number of amides is 2. The van der Waals surface area contributed by atoms with Gasteiger partial charge in [0.2, 0.25) is 11.8 Å². The van der Waals surface area contributed by atoms with Crippen LogP contribution in [0.25, 0.3) is 0 Å². The lowest BCUT2D eigenvalue weighted by molar-refractivity contribution is -0.137. The summed E-state index contributed by atoms with van der Waals surface area (Å²) in [6.45, 7) is 10.8. The van der Waals surface area contributed by atoms with Crippen LogP contribution in [0.2, 0.25) is 0 Å². The van der Waals surface area contributed by atoms with Crippen LogP contribution >= 0.6 is 0 Å². The Morgan fingerprint density at radius 2 is 0.889 bits per heavy atom. The molecule has 0 unspecified atom stereocenters. The van der Waals surface area contributed by atoms with Gasteiger partial charge in [0.05, 0.1) is 0 Å². The van der Waals surface area contributed by atoms with Crippen LogP contribution in [0.3, 0.4) is 0 Å². The van der Waals surface area contributed by atoms with Crippen molar-refractivity contribution < 1.29 is 9.59 Å². The second-order valence-corrected chi connectivity index (χ2v) is 7.83. The Morgan fingerprint density at radius 1 is 0.556 bits per heavy atom. The molecule has 0 aromatic carbocycles. The van der Waals surface area contributed by atoms with E-state index in [-0.39, 0.29) is 11.8 Å². The predicted octanol–water partition coefficient (Wildman–Crippen LogP) is 4.17. The van der Waals surface area contributed by atoms with E-state index in [0.29, 0.717) is 12.8 Å². The molecule has 2 amide bonds. The standard InChI is InChI=1S/C22H45N3O2/c1-6-9-17-24(18-10-7-2)21(26)14-15-22(27)25(19-11-8-3)20-13-12-16-23(4)5/h6-20H2,1-5H3. The third-order valence-corrected chi connectivity index (χ3v) is 4.89. The van der Waals surface area contributed by atoms with Crippen LogP contribution in [0.4, 0.5) is 0 Å². The van der Waals surface area contributed by atoms with Gasteiger partial charge in [-0.15, -0.1) is 0 Å². The number of unbranched alkanes of at least 4 members (excludes halogenated alkanes) is 4. The molecule has 0 aromatic heterocycles. The molecule has 160 valence electrons. The van der Waals surface area contributed by atoms with Crippen molar-refractivity contribution in [2.75, 3.05) is 46.8 Å². The summed E-state index contributed by atoms with van der Waals surface area (Å²) in [4.78, 5) is 31.4. The normalized spacial score (nSPS) is 11.0. The Hall–Kier alpha value is -1.10. The van der Waals surface area contributed by atoms with E-state index in [0.717, 1.165) is 84.1 Å². The van der Waals surface area contributed by atoms with Crippen molar-refractivity contribution in [3.05, 3.63) is 0 Å². The van der Waals surface area contributed by atoms with Gasteiger partial charge in [-0.25, -0.2) is 0 Å². The van der Waals surface area contributed by atoms with Crippen LogP contribution in [0, 0.1) is 0 Å². The van der Waals surface area contributed by atoms with E-state index in [1.165, 1.54) is 0 Å². The second kappa shape index (κ2) is 17.0. The van der Waals surface area contributed by atoms with Crippen LogP contribution in [0.1, 0.15) is 85.0 Å². The summed E-state index contributed by atoms with van der Waals surface area (Å²) < 4.78 is 0. The molecule has 0 aliphatic carbocycles. The van der Waals surface area contributed by atoms with Gasteiger partial charge in [-0.2, -0.15) is 0 Å². The lowest BCUT2D eigenvalue weighted by Gasteiger charge is -2.25. The Kier molecular flexibility index (Phi) is 16.3. The lowest BCUT2D eigenvalue weighted by Crippen LogP contribution is -2.36. The van der Waals surface area contributed by atoms with Crippen molar-refractivity contribution in [2.45, 2.75) is 85.0 Å². The first-order chi connectivity index (χ1) is 13.0. The van der Waals surface area contributed by atoms with Gasteiger partial charge in [0.25, 0.3) is 0 Å². The van der Waals surface area contributed by atoms with Crippen molar-refractivity contribution in [1.29, 1.82) is 0 Å². The fraction of sp³-hybridized carbons (Fsp3) is 0.909. The number of hydrogen-bond donors (Lipinski definition) is 0. The number of carbonyl (C=O) groups is 2. The Bertz CT molecular complexity index is 378. The van der Waals surface area contributed by atoms with Gasteiger partial charge in [0.1, 0.15) is 0 Å². The van der Waals surface area contributed by atoms with Crippen LogP contribution in [-0.2, 0) is 9.59 Å². The molecule has 0 aliphatic heterocycles. The first-order valence-electron chi connectivity index (χ1n) is 11.2. The van der Waals surface area contributed by atoms with Gasteiger partial charge in [-0.1, -0.05) is 40.0 Å². The minimum atomic E-state index is 0.146. The van der Waals surface area contributed by atoms with E-state index in [2.05, 4.69) is 39.8 Å². The van der Waals surface area contributed by atoms with Gasteiger partial charge in [0.15, 0.2) is 0 Å². The molecule has 0 rings (SSSR count). The van der Waals surface area contributed by atoms with E-state index >= 15 is 0 Å². The minimum absolute atomic E-state index is 0.146. The maximum atomic E-state index is 12.7. The number of carbonyl (C=O) groups excluding carboxylic acids is 2. The summed E-state index contributed by atoms with van der Waals surface area (Å²) in [7, 11) is 4.16. The molecule has 0 saturated carbocycles. The maximum Gasteiger partial charge on any atom is 0.223 e. The van der Waals surface area contributed by atoms with E-state index in [1.807, 2.05) is 9.80 Å². The van der Waals surface area contributed by atoms with Crippen LogP contribution < -0.4 is 0 Å². The molecule has 0 saturated heterocycles. The molecular weight excluding hydrogens is 338 g/mol. The van der Waals surface area contributed by atoms with Gasteiger partial charge < -0.3 is 14.7 Å². The van der Waals surface area contributed by atoms with E-state index in [4.69, 9.17) is 0 Å². The molecule has 0 fully saturated rings. The zero-order valence-electron chi connectivity index (χ0n) is 18.8. The van der Waals surface area contributed by atoms with Crippen LogP contribution in [-0.4, -0.2) is 73.3 Å². The summed E-state index contributed by atoms with van der Waals surface area (Å²) in [5.41, 5.74) is 0. The average molecular weight is 384 g/mol. The molecule has 0 radical (unpaired) electrons. The zero-order chi connectivity index (χ0) is 20.5. The fourth-order valence-corrected chi connectivity index (χ4v) is 3.03. The first-order valence-corrected chi connectivity index (χ1v) is 11.2. The number of rotatable bonds is 17. The predicted molar refractivity (Wildman–Crippen MR) is 115 cm³/mol. The average Bonchev–Trinajstić information content (AvgIpc) is 2.65. The van der Waals surface area contributed by atoms with Crippen molar-refractivity contribution in [3.8, 4) is 0 Å². The van der Waals surface area contributed by atoms with Gasteiger partial charge in [-0.05, 0) is 52.7 Å². The first kappa shape index (κ1) is 25.9. The summed E-state index contributed by atoms with van der Waals surface area (Å²) in [6.07, 6.45) is 9.21. The molecule has 0 bridgehead atoms. The molecule has 0 spiro atoms. The third kappa shape index (κ3) is 13.7. The summed E-state index contributed by atoms with van der Waals surface area (Å²) in [6, 6.07) is 0. The Morgan fingerprint density at radius 3 is 1.22 bits per heavy atom. The van der Waals surface area contributed by atoms with E-state index < -0.39 is 0 Å². The highest BCUT2D eigenvalue weighted by atomic mass is 16.2. The largest absolute Gasteiger partial charge is 0.343 e. The van der Waals surface area contributed by atoms with Crippen molar-refractivity contribution >= 4 is 11.8 Å². The Balaban J connectivity index is 4.48. The molecule has 5 heteroatoms. The highest BCUT2D eigenvalue weighted by molar-refractivity contribution is 5.83. The van der Waals surface area contributed by atoms with E-state index in [1.54, 1.807) is 0 Å². The summed E-state index contributed by atoms with van der Waals surface area (Å²) in [5, 5.41) is 0. The van der Waals surface area contributed by atoms with Crippen molar-refractivity contribution in [3.63, 3.8) is 0 Å². The fourth-order valence-electron chi connectivity index (χ4n) is 3.03. The van der Waals surface area contributed by atoms with Crippen molar-refractivity contribution in [2.24, 2.45) is 0 Å². The molecular formula is C22H45N3O2. The van der Waals surface area contributed by atoms with E-state index in [9.17, 15) is 9.59 Å². The quantitative estimate of drug-likeness (QED) is 0.354. The van der Waals surface area contributed by atoms with Gasteiger partial charge >= 0.3 is 0 Å². The van der Waals surface area contributed by atoms with Gasteiger partial charge in [0, 0.05) is 39.0 Å². The molecule has 0 atom stereocenters. The smallest absolute Gasteiger partial charge is 0.223 e.